The van der Waals surface area contributed by atoms with Crippen molar-refractivity contribution < 1.29 is 4.79 Å². The van der Waals surface area contributed by atoms with Gasteiger partial charge in [-0.15, -0.1) is 0 Å². The molecule has 22 heavy (non-hydrogen) atoms. The van der Waals surface area contributed by atoms with E-state index in [0.717, 1.165) is 52.1 Å². The van der Waals surface area contributed by atoms with Crippen molar-refractivity contribution in [2.24, 2.45) is 5.92 Å². The van der Waals surface area contributed by atoms with Gasteiger partial charge in [0.05, 0.1) is 5.92 Å². The maximum absolute atomic E-state index is 12.6. The maximum Gasteiger partial charge on any atom is 0.227 e. The van der Waals surface area contributed by atoms with E-state index in [9.17, 15) is 4.79 Å². The monoisotopic (exact) mass is 301 g/mol. The average Bonchev–Trinajstić information content (AvgIpc) is 2.58. The Morgan fingerprint density at radius 1 is 1.18 bits per heavy atom. The Kier molecular flexibility index (Phi) is 4.67. The molecule has 4 nitrogen and oxygen atoms in total. The number of nitrogens with zero attached hydrogens (tertiary/aromatic N) is 2. The third-order valence-corrected chi connectivity index (χ3v) is 5.15. The third-order valence-electron chi connectivity index (χ3n) is 5.15. The van der Waals surface area contributed by atoms with Crippen LogP contribution in [-0.4, -0.2) is 50.1 Å². The maximum atomic E-state index is 12.6. The van der Waals surface area contributed by atoms with Crippen molar-refractivity contribution in [3.05, 3.63) is 29.3 Å². The van der Waals surface area contributed by atoms with Crippen LogP contribution in [0.4, 0.5) is 5.69 Å². The molecule has 2 aliphatic rings. The number of aryl methyl sites for hydroxylation is 1. The molecule has 0 aliphatic carbocycles. The third kappa shape index (κ3) is 3.12. The predicted molar refractivity (Wildman–Crippen MR) is 90.3 cm³/mol. The highest BCUT2D eigenvalue weighted by molar-refractivity contribution is 5.79. The van der Waals surface area contributed by atoms with E-state index in [2.05, 4.69) is 47.2 Å². The standard InChI is InChI=1S/C18H27N3O/c1-14-5-3-7-17(15(14)2)20-9-11-21(12-10-20)18(22)16-6-4-8-19-13-16/h3,5,7,16,19H,4,6,8-13H2,1-2H3. The van der Waals surface area contributed by atoms with E-state index in [1.807, 2.05) is 0 Å². The van der Waals surface area contributed by atoms with Gasteiger partial charge in [-0.2, -0.15) is 0 Å². The lowest BCUT2D eigenvalue weighted by Gasteiger charge is -2.39. The van der Waals surface area contributed by atoms with Gasteiger partial charge in [0.15, 0.2) is 0 Å². The Morgan fingerprint density at radius 3 is 2.64 bits per heavy atom. The SMILES string of the molecule is Cc1cccc(N2CCN(C(=O)C3CCCNC3)CC2)c1C. The second kappa shape index (κ2) is 6.69. The number of hydrogen-bond acceptors (Lipinski definition) is 3. The predicted octanol–water partition coefficient (Wildman–Crippen LogP) is 1.95. The average molecular weight is 301 g/mol. The molecule has 0 aromatic heterocycles. The molecule has 0 spiro atoms. The second-order valence-electron chi connectivity index (χ2n) is 6.57. The highest BCUT2D eigenvalue weighted by atomic mass is 16.2. The van der Waals surface area contributed by atoms with Crippen LogP contribution in [0, 0.1) is 19.8 Å². The summed E-state index contributed by atoms with van der Waals surface area (Å²) in [7, 11) is 0. The van der Waals surface area contributed by atoms with Gasteiger partial charge < -0.3 is 15.1 Å². The fraction of sp³-hybridized carbons (Fsp3) is 0.611. The van der Waals surface area contributed by atoms with Gasteiger partial charge in [0.25, 0.3) is 0 Å². The summed E-state index contributed by atoms with van der Waals surface area (Å²) in [4.78, 5) is 17.1. The Balaban J connectivity index is 1.60. The number of carbonyl (C=O) groups is 1. The van der Waals surface area contributed by atoms with Crippen LogP contribution in [0.25, 0.3) is 0 Å². The molecule has 1 aromatic carbocycles. The van der Waals surface area contributed by atoms with Crippen molar-refractivity contribution in [2.75, 3.05) is 44.2 Å². The zero-order valence-corrected chi connectivity index (χ0v) is 13.8. The number of nitrogens with one attached hydrogen (secondary N) is 1. The first-order chi connectivity index (χ1) is 10.7. The van der Waals surface area contributed by atoms with Crippen LogP contribution >= 0.6 is 0 Å². The van der Waals surface area contributed by atoms with E-state index in [4.69, 9.17) is 0 Å². The first-order valence-corrected chi connectivity index (χ1v) is 8.47. The number of benzene rings is 1. The topological polar surface area (TPSA) is 35.6 Å². The van der Waals surface area contributed by atoms with E-state index in [1.165, 1.54) is 16.8 Å². The van der Waals surface area contributed by atoms with Gasteiger partial charge in [0, 0.05) is 38.4 Å². The van der Waals surface area contributed by atoms with Crippen LogP contribution in [0.1, 0.15) is 24.0 Å². The number of amides is 1. The Bertz CT molecular complexity index is 529. The van der Waals surface area contributed by atoms with Crippen LogP contribution in [0.5, 0.6) is 0 Å². The van der Waals surface area contributed by atoms with Crippen LogP contribution in [0.15, 0.2) is 18.2 Å². The van der Waals surface area contributed by atoms with E-state index >= 15 is 0 Å². The Labute approximate surface area is 133 Å². The van der Waals surface area contributed by atoms with Crippen LogP contribution < -0.4 is 10.2 Å². The summed E-state index contributed by atoms with van der Waals surface area (Å²) < 4.78 is 0. The molecule has 3 rings (SSSR count). The molecule has 0 radical (unpaired) electrons. The molecule has 120 valence electrons. The number of piperazine rings is 1. The molecule has 2 heterocycles. The number of anilines is 1. The van der Waals surface area contributed by atoms with Crippen molar-refractivity contribution in [3.8, 4) is 0 Å². The van der Waals surface area contributed by atoms with E-state index < -0.39 is 0 Å². The van der Waals surface area contributed by atoms with E-state index in [1.54, 1.807) is 0 Å². The molecule has 0 saturated carbocycles. The van der Waals surface area contributed by atoms with Crippen LogP contribution in [-0.2, 0) is 4.79 Å². The number of carbonyl (C=O) groups excluding carboxylic acids is 1. The highest BCUT2D eigenvalue weighted by Crippen LogP contribution is 2.24. The fourth-order valence-corrected chi connectivity index (χ4v) is 3.57. The van der Waals surface area contributed by atoms with Crippen molar-refractivity contribution >= 4 is 11.6 Å². The number of piperidine rings is 1. The smallest absolute Gasteiger partial charge is 0.227 e. The second-order valence-corrected chi connectivity index (χ2v) is 6.57. The summed E-state index contributed by atoms with van der Waals surface area (Å²) in [6.07, 6.45) is 2.17. The first kappa shape index (κ1) is 15.3. The van der Waals surface area contributed by atoms with Gasteiger partial charge in [-0.25, -0.2) is 0 Å². The lowest BCUT2D eigenvalue weighted by atomic mass is 9.97. The zero-order valence-electron chi connectivity index (χ0n) is 13.8. The summed E-state index contributed by atoms with van der Waals surface area (Å²) in [5.74, 6) is 0.550. The lowest BCUT2D eigenvalue weighted by Crippen LogP contribution is -2.52. The number of rotatable bonds is 2. The van der Waals surface area contributed by atoms with E-state index in [0.29, 0.717) is 5.91 Å². The number of hydrogen-bond donors (Lipinski definition) is 1. The van der Waals surface area contributed by atoms with Gasteiger partial charge in [-0.3, -0.25) is 4.79 Å². The first-order valence-electron chi connectivity index (χ1n) is 8.47. The highest BCUT2D eigenvalue weighted by Gasteiger charge is 2.28. The van der Waals surface area contributed by atoms with Gasteiger partial charge >= 0.3 is 0 Å². The van der Waals surface area contributed by atoms with Crippen molar-refractivity contribution in [2.45, 2.75) is 26.7 Å². The minimum atomic E-state index is 0.195. The molecule has 1 amide bonds. The molecule has 1 N–H and O–H groups in total. The molecule has 4 heteroatoms. The minimum absolute atomic E-state index is 0.195. The summed E-state index contributed by atoms with van der Waals surface area (Å²) in [6.45, 7) is 9.85. The largest absolute Gasteiger partial charge is 0.368 e. The van der Waals surface area contributed by atoms with Crippen molar-refractivity contribution in [3.63, 3.8) is 0 Å². The molecule has 0 bridgehead atoms. The fourth-order valence-electron chi connectivity index (χ4n) is 3.57. The summed E-state index contributed by atoms with van der Waals surface area (Å²) in [6, 6.07) is 6.49. The summed E-state index contributed by atoms with van der Waals surface area (Å²) in [5.41, 5.74) is 4.02. The molecule has 1 unspecified atom stereocenters. The molecular formula is C18H27N3O. The van der Waals surface area contributed by atoms with Gasteiger partial charge in [-0.05, 0) is 50.4 Å². The molecule has 2 saturated heterocycles. The zero-order chi connectivity index (χ0) is 15.5. The molecule has 2 fully saturated rings. The summed E-state index contributed by atoms with van der Waals surface area (Å²) >= 11 is 0. The lowest BCUT2D eigenvalue weighted by molar-refractivity contribution is -0.136. The Hall–Kier alpha value is -1.55. The summed E-state index contributed by atoms with van der Waals surface area (Å²) in [5, 5.41) is 3.35. The molecule has 1 atom stereocenters. The molecular weight excluding hydrogens is 274 g/mol. The van der Waals surface area contributed by atoms with Crippen LogP contribution in [0.3, 0.4) is 0 Å². The van der Waals surface area contributed by atoms with Gasteiger partial charge in [-0.1, -0.05) is 12.1 Å². The van der Waals surface area contributed by atoms with Gasteiger partial charge in [0.1, 0.15) is 0 Å². The van der Waals surface area contributed by atoms with Crippen molar-refractivity contribution in [1.82, 2.24) is 10.2 Å². The van der Waals surface area contributed by atoms with E-state index in [-0.39, 0.29) is 5.92 Å². The molecule has 1 aromatic rings. The normalized spacial score (nSPS) is 22.7. The van der Waals surface area contributed by atoms with Gasteiger partial charge in [0.2, 0.25) is 5.91 Å². The van der Waals surface area contributed by atoms with Crippen molar-refractivity contribution in [1.29, 1.82) is 0 Å². The Morgan fingerprint density at radius 2 is 1.95 bits per heavy atom. The van der Waals surface area contributed by atoms with Crippen LogP contribution in [0.2, 0.25) is 0 Å². The quantitative estimate of drug-likeness (QED) is 0.907. The molecule has 2 aliphatic heterocycles. The minimum Gasteiger partial charge on any atom is -0.368 e.